The van der Waals surface area contributed by atoms with E-state index in [0.717, 1.165) is 5.56 Å². The van der Waals surface area contributed by atoms with Gasteiger partial charge in [-0.2, -0.15) is 0 Å². The molecule has 3 aromatic carbocycles. The summed E-state index contributed by atoms with van der Waals surface area (Å²) in [7, 11) is -3.73. The van der Waals surface area contributed by atoms with Gasteiger partial charge >= 0.3 is 0 Å². The zero-order valence-corrected chi connectivity index (χ0v) is 15.7. The SMILES string of the molecule is C=CC(c1ccc(F)cc1)S(=O)(=O)c1ccc(/C=C/c2ccccc2F)cc1. The van der Waals surface area contributed by atoms with Gasteiger partial charge in [0.15, 0.2) is 9.84 Å². The minimum Gasteiger partial charge on any atom is -0.223 e. The summed E-state index contributed by atoms with van der Waals surface area (Å²) in [5.41, 5.74) is 1.63. The van der Waals surface area contributed by atoms with E-state index in [9.17, 15) is 17.2 Å². The largest absolute Gasteiger partial charge is 0.223 e. The second-order valence-electron chi connectivity index (χ2n) is 6.18. The van der Waals surface area contributed by atoms with Gasteiger partial charge in [-0.1, -0.05) is 60.7 Å². The van der Waals surface area contributed by atoms with Gasteiger partial charge in [-0.3, -0.25) is 0 Å². The molecular weight excluding hydrogens is 378 g/mol. The van der Waals surface area contributed by atoms with Crippen LogP contribution in [-0.2, 0) is 9.84 Å². The number of hydrogen-bond donors (Lipinski definition) is 0. The molecule has 0 amide bonds. The molecule has 1 unspecified atom stereocenters. The Balaban J connectivity index is 1.86. The first-order chi connectivity index (χ1) is 13.4. The molecule has 3 rings (SSSR count). The van der Waals surface area contributed by atoms with E-state index in [-0.39, 0.29) is 10.7 Å². The minimum atomic E-state index is -3.73. The van der Waals surface area contributed by atoms with Crippen molar-refractivity contribution >= 4 is 22.0 Å². The Bertz CT molecular complexity index is 1100. The normalized spacial score (nSPS) is 12.8. The Labute approximate surface area is 163 Å². The van der Waals surface area contributed by atoms with Crippen molar-refractivity contribution in [1.29, 1.82) is 0 Å². The number of sulfone groups is 1. The predicted molar refractivity (Wildman–Crippen MR) is 108 cm³/mol. The lowest BCUT2D eigenvalue weighted by Gasteiger charge is -2.14. The number of rotatable bonds is 6. The van der Waals surface area contributed by atoms with Crippen molar-refractivity contribution in [2.24, 2.45) is 0 Å². The zero-order valence-electron chi connectivity index (χ0n) is 14.9. The average molecular weight is 396 g/mol. The average Bonchev–Trinajstić information content (AvgIpc) is 2.69. The topological polar surface area (TPSA) is 34.1 Å². The molecule has 0 radical (unpaired) electrons. The molecule has 1 atom stereocenters. The third-order valence-corrected chi connectivity index (χ3v) is 6.38. The molecule has 0 N–H and O–H groups in total. The molecule has 0 saturated heterocycles. The van der Waals surface area contributed by atoms with Gasteiger partial charge in [-0.05, 0) is 41.5 Å². The number of benzene rings is 3. The summed E-state index contributed by atoms with van der Waals surface area (Å²) in [6, 6.07) is 18.0. The van der Waals surface area contributed by atoms with Crippen LogP contribution in [0, 0.1) is 11.6 Å². The van der Waals surface area contributed by atoms with Gasteiger partial charge in [-0.25, -0.2) is 17.2 Å². The van der Waals surface area contributed by atoms with Crippen LogP contribution in [0.1, 0.15) is 21.9 Å². The van der Waals surface area contributed by atoms with Crippen LogP contribution >= 0.6 is 0 Å². The highest BCUT2D eigenvalue weighted by Crippen LogP contribution is 2.30. The van der Waals surface area contributed by atoms with Crippen LogP contribution in [0.2, 0.25) is 0 Å². The summed E-state index contributed by atoms with van der Waals surface area (Å²) in [6.45, 7) is 3.62. The summed E-state index contributed by atoms with van der Waals surface area (Å²) in [6.07, 6.45) is 4.66. The van der Waals surface area contributed by atoms with Gasteiger partial charge in [0.1, 0.15) is 16.9 Å². The Morgan fingerprint density at radius 3 is 2.07 bits per heavy atom. The predicted octanol–water partition coefficient (Wildman–Crippen LogP) is 5.84. The molecule has 0 aliphatic carbocycles. The van der Waals surface area contributed by atoms with E-state index in [1.165, 1.54) is 48.5 Å². The third-order valence-electron chi connectivity index (χ3n) is 4.32. The van der Waals surface area contributed by atoms with Gasteiger partial charge in [0.05, 0.1) is 4.90 Å². The summed E-state index contributed by atoms with van der Waals surface area (Å²) in [5.74, 6) is -0.763. The fourth-order valence-corrected chi connectivity index (χ4v) is 4.38. The first kappa shape index (κ1) is 19.7. The smallest absolute Gasteiger partial charge is 0.188 e. The molecule has 0 aliphatic heterocycles. The van der Waals surface area contributed by atoms with E-state index in [0.29, 0.717) is 11.1 Å². The molecule has 0 saturated carbocycles. The highest BCUT2D eigenvalue weighted by molar-refractivity contribution is 7.91. The number of halogens is 2. The van der Waals surface area contributed by atoms with Gasteiger partial charge in [0.25, 0.3) is 0 Å². The molecule has 0 heterocycles. The van der Waals surface area contributed by atoms with Crippen LogP contribution < -0.4 is 0 Å². The van der Waals surface area contributed by atoms with Crippen LogP contribution in [0.25, 0.3) is 12.2 Å². The maximum Gasteiger partial charge on any atom is 0.188 e. The summed E-state index contributed by atoms with van der Waals surface area (Å²) < 4.78 is 52.7. The van der Waals surface area contributed by atoms with Gasteiger partial charge in [-0.15, -0.1) is 6.58 Å². The zero-order chi connectivity index (χ0) is 20.1. The highest BCUT2D eigenvalue weighted by atomic mass is 32.2. The van der Waals surface area contributed by atoms with E-state index < -0.39 is 20.9 Å². The van der Waals surface area contributed by atoms with Crippen molar-refractivity contribution in [3.05, 3.63) is 114 Å². The second-order valence-corrected chi connectivity index (χ2v) is 8.25. The van der Waals surface area contributed by atoms with Crippen LogP contribution in [0.3, 0.4) is 0 Å². The lowest BCUT2D eigenvalue weighted by Crippen LogP contribution is -2.11. The summed E-state index contributed by atoms with van der Waals surface area (Å²) >= 11 is 0. The Morgan fingerprint density at radius 2 is 1.46 bits per heavy atom. The second kappa shape index (κ2) is 8.31. The maximum absolute atomic E-state index is 13.7. The lowest BCUT2D eigenvalue weighted by atomic mass is 10.1. The molecule has 0 fully saturated rings. The van der Waals surface area contributed by atoms with E-state index >= 15 is 0 Å². The Hall–Kier alpha value is -3.05. The van der Waals surface area contributed by atoms with Crippen molar-refractivity contribution < 1.29 is 17.2 Å². The molecular formula is C23H18F2O2S. The summed E-state index contributed by atoms with van der Waals surface area (Å²) in [4.78, 5) is 0.129. The van der Waals surface area contributed by atoms with Crippen molar-refractivity contribution in [2.45, 2.75) is 10.1 Å². The molecule has 5 heteroatoms. The van der Waals surface area contributed by atoms with Crippen molar-refractivity contribution in [3.8, 4) is 0 Å². The monoisotopic (exact) mass is 396 g/mol. The lowest BCUT2D eigenvalue weighted by molar-refractivity contribution is 0.589. The van der Waals surface area contributed by atoms with Gasteiger partial charge in [0.2, 0.25) is 0 Å². The fraction of sp³-hybridized carbons (Fsp3) is 0.0435. The molecule has 0 spiro atoms. The third kappa shape index (κ3) is 4.26. The van der Waals surface area contributed by atoms with Gasteiger partial charge < -0.3 is 0 Å². The van der Waals surface area contributed by atoms with E-state index in [2.05, 4.69) is 6.58 Å². The first-order valence-electron chi connectivity index (χ1n) is 8.56. The first-order valence-corrected chi connectivity index (χ1v) is 10.1. The van der Waals surface area contributed by atoms with Crippen molar-refractivity contribution in [2.75, 3.05) is 0 Å². The van der Waals surface area contributed by atoms with E-state index in [1.54, 1.807) is 42.5 Å². The highest BCUT2D eigenvalue weighted by Gasteiger charge is 2.26. The van der Waals surface area contributed by atoms with Crippen molar-refractivity contribution in [1.82, 2.24) is 0 Å². The molecule has 0 bridgehead atoms. The van der Waals surface area contributed by atoms with Gasteiger partial charge in [0, 0.05) is 5.56 Å². The Morgan fingerprint density at radius 1 is 0.821 bits per heavy atom. The van der Waals surface area contributed by atoms with Crippen LogP contribution in [0.15, 0.2) is 90.3 Å². The molecule has 2 nitrogen and oxygen atoms in total. The molecule has 0 aliphatic rings. The number of hydrogen-bond acceptors (Lipinski definition) is 2. The maximum atomic E-state index is 13.7. The standard InChI is InChI=1S/C23H18F2O2S/c1-2-23(19-11-13-20(24)14-12-19)28(26,27)21-15-8-17(9-16-21)7-10-18-5-3-4-6-22(18)25/h2-16,23H,1H2/b10-7+. The van der Waals surface area contributed by atoms with Crippen LogP contribution in [-0.4, -0.2) is 8.42 Å². The molecule has 3 aromatic rings. The van der Waals surface area contributed by atoms with Crippen molar-refractivity contribution in [3.63, 3.8) is 0 Å². The van der Waals surface area contributed by atoms with E-state index in [4.69, 9.17) is 0 Å². The van der Waals surface area contributed by atoms with Crippen LogP contribution in [0.5, 0.6) is 0 Å². The van der Waals surface area contributed by atoms with E-state index in [1.807, 2.05) is 0 Å². The Kier molecular flexibility index (Phi) is 5.85. The molecule has 28 heavy (non-hydrogen) atoms. The molecule has 0 aromatic heterocycles. The minimum absolute atomic E-state index is 0.129. The quantitative estimate of drug-likeness (QED) is 0.388. The van der Waals surface area contributed by atoms with Crippen LogP contribution in [0.4, 0.5) is 8.78 Å². The summed E-state index contributed by atoms with van der Waals surface area (Å²) in [5, 5.41) is -0.979. The molecule has 142 valence electrons. The fourth-order valence-electron chi connectivity index (χ4n) is 2.81.